The standard InChI is InChI=1S/C50H33NO/c1-2-11-34(12-3-1)35-21-23-36(24-22-35)37-25-29-41(30-26-37)51(48-20-10-15-38-13-4-6-16-42(38)48)47-19-9-8-17-43(47)40-28-31-45-46-32-27-39-14-5-7-18-44(39)50(46)52-49(45)33-40/h1-33H. The molecule has 9 aromatic carbocycles. The number of anilines is 3. The van der Waals surface area contributed by atoms with Gasteiger partial charge in [0.25, 0.3) is 0 Å². The molecule has 0 bridgehead atoms. The largest absolute Gasteiger partial charge is 0.455 e. The predicted octanol–water partition coefficient (Wildman–Crippen LogP) is 14.4. The lowest BCUT2D eigenvalue weighted by Gasteiger charge is -2.29. The van der Waals surface area contributed by atoms with E-state index in [0.717, 1.165) is 55.5 Å². The van der Waals surface area contributed by atoms with Gasteiger partial charge in [0.05, 0.1) is 11.4 Å². The molecule has 0 N–H and O–H groups in total. The molecule has 0 aliphatic rings. The summed E-state index contributed by atoms with van der Waals surface area (Å²) < 4.78 is 6.63. The molecule has 1 heterocycles. The molecule has 1 aromatic heterocycles. The zero-order valence-electron chi connectivity index (χ0n) is 28.4. The van der Waals surface area contributed by atoms with Crippen molar-refractivity contribution < 1.29 is 4.42 Å². The molecule has 244 valence electrons. The van der Waals surface area contributed by atoms with Gasteiger partial charge in [0.1, 0.15) is 11.2 Å². The van der Waals surface area contributed by atoms with E-state index in [0.29, 0.717) is 0 Å². The van der Waals surface area contributed by atoms with Gasteiger partial charge in [-0.2, -0.15) is 0 Å². The Balaban J connectivity index is 1.10. The monoisotopic (exact) mass is 663 g/mol. The highest BCUT2D eigenvalue weighted by molar-refractivity contribution is 6.15. The minimum Gasteiger partial charge on any atom is -0.455 e. The summed E-state index contributed by atoms with van der Waals surface area (Å²) >= 11 is 0. The van der Waals surface area contributed by atoms with Crippen molar-refractivity contribution in [2.75, 3.05) is 4.90 Å². The third-order valence-corrected chi connectivity index (χ3v) is 10.3. The molecule has 0 radical (unpaired) electrons. The summed E-state index contributed by atoms with van der Waals surface area (Å²) in [6, 6.07) is 71.7. The van der Waals surface area contributed by atoms with Gasteiger partial charge < -0.3 is 9.32 Å². The van der Waals surface area contributed by atoms with Crippen molar-refractivity contribution in [2.24, 2.45) is 0 Å². The minimum atomic E-state index is 0.887. The first-order valence-electron chi connectivity index (χ1n) is 17.8. The summed E-state index contributed by atoms with van der Waals surface area (Å²) in [4.78, 5) is 2.40. The molecule has 2 heteroatoms. The maximum absolute atomic E-state index is 6.63. The Kier molecular flexibility index (Phi) is 7.18. The molecule has 0 amide bonds. The lowest BCUT2D eigenvalue weighted by atomic mass is 9.98. The predicted molar refractivity (Wildman–Crippen MR) is 220 cm³/mol. The first-order valence-corrected chi connectivity index (χ1v) is 17.8. The number of furan rings is 1. The zero-order chi connectivity index (χ0) is 34.4. The van der Waals surface area contributed by atoms with Crippen molar-refractivity contribution in [1.29, 1.82) is 0 Å². The molecule has 0 spiro atoms. The molecule has 0 saturated heterocycles. The van der Waals surface area contributed by atoms with Crippen LogP contribution < -0.4 is 4.90 Å². The van der Waals surface area contributed by atoms with E-state index < -0.39 is 0 Å². The number of benzene rings is 9. The summed E-state index contributed by atoms with van der Waals surface area (Å²) in [6.45, 7) is 0. The summed E-state index contributed by atoms with van der Waals surface area (Å²) in [6.07, 6.45) is 0. The second kappa shape index (κ2) is 12.5. The maximum atomic E-state index is 6.63. The van der Waals surface area contributed by atoms with E-state index in [4.69, 9.17) is 4.42 Å². The van der Waals surface area contributed by atoms with Crippen LogP contribution in [0.2, 0.25) is 0 Å². The highest BCUT2D eigenvalue weighted by atomic mass is 16.3. The van der Waals surface area contributed by atoms with E-state index in [9.17, 15) is 0 Å². The zero-order valence-corrected chi connectivity index (χ0v) is 28.4. The molecule has 0 saturated carbocycles. The molecule has 10 rings (SSSR count). The van der Waals surface area contributed by atoms with Gasteiger partial charge in [0.15, 0.2) is 0 Å². The molecule has 0 aliphatic carbocycles. The molecule has 10 aromatic rings. The molecular formula is C50H33NO. The number of hydrogen-bond donors (Lipinski definition) is 0. The average molecular weight is 664 g/mol. The third kappa shape index (κ3) is 5.12. The van der Waals surface area contributed by atoms with Crippen LogP contribution in [-0.4, -0.2) is 0 Å². The van der Waals surface area contributed by atoms with Crippen molar-refractivity contribution in [3.05, 3.63) is 200 Å². The second-order valence-corrected chi connectivity index (χ2v) is 13.3. The summed E-state index contributed by atoms with van der Waals surface area (Å²) in [5.41, 5.74) is 12.2. The summed E-state index contributed by atoms with van der Waals surface area (Å²) in [7, 11) is 0. The molecular weight excluding hydrogens is 631 g/mol. The number of para-hydroxylation sites is 1. The van der Waals surface area contributed by atoms with E-state index in [1.54, 1.807) is 0 Å². The maximum Gasteiger partial charge on any atom is 0.143 e. The average Bonchev–Trinajstić information content (AvgIpc) is 3.60. The van der Waals surface area contributed by atoms with Crippen molar-refractivity contribution in [1.82, 2.24) is 0 Å². The van der Waals surface area contributed by atoms with E-state index >= 15 is 0 Å². The van der Waals surface area contributed by atoms with Crippen LogP contribution in [0.15, 0.2) is 205 Å². The first kappa shape index (κ1) is 30.0. The van der Waals surface area contributed by atoms with Crippen LogP contribution in [0.25, 0.3) is 76.9 Å². The molecule has 0 atom stereocenters. The SMILES string of the molecule is c1ccc(-c2ccc(-c3ccc(N(c4ccccc4-c4ccc5c(c4)oc4c6ccccc6ccc54)c4cccc5ccccc45)cc3)cc2)cc1. The van der Waals surface area contributed by atoms with Gasteiger partial charge in [-0.25, -0.2) is 0 Å². The molecule has 0 unspecified atom stereocenters. The van der Waals surface area contributed by atoms with Crippen LogP contribution >= 0.6 is 0 Å². The van der Waals surface area contributed by atoms with Gasteiger partial charge in [-0.05, 0) is 81.1 Å². The Labute approximate surface area is 302 Å². The fourth-order valence-corrected chi connectivity index (χ4v) is 7.68. The number of hydrogen-bond acceptors (Lipinski definition) is 2. The quantitative estimate of drug-likeness (QED) is 0.176. The van der Waals surface area contributed by atoms with E-state index in [1.165, 1.54) is 38.4 Å². The normalized spacial score (nSPS) is 11.5. The van der Waals surface area contributed by atoms with Gasteiger partial charge in [0, 0.05) is 32.8 Å². The van der Waals surface area contributed by atoms with Gasteiger partial charge in [-0.15, -0.1) is 0 Å². The Morgan fingerprint density at radius 1 is 0.327 bits per heavy atom. The molecule has 0 aliphatic heterocycles. The van der Waals surface area contributed by atoms with E-state index in [2.05, 4.69) is 205 Å². The molecule has 2 nitrogen and oxygen atoms in total. The van der Waals surface area contributed by atoms with Crippen molar-refractivity contribution in [3.63, 3.8) is 0 Å². The fraction of sp³-hybridized carbons (Fsp3) is 0. The van der Waals surface area contributed by atoms with Gasteiger partial charge in [0.2, 0.25) is 0 Å². The number of nitrogens with zero attached hydrogens (tertiary/aromatic N) is 1. The van der Waals surface area contributed by atoms with Crippen LogP contribution in [0.1, 0.15) is 0 Å². The summed E-state index contributed by atoms with van der Waals surface area (Å²) in [5, 5.41) is 6.98. The Hall–Kier alpha value is -6.90. The van der Waals surface area contributed by atoms with Gasteiger partial charge >= 0.3 is 0 Å². The smallest absolute Gasteiger partial charge is 0.143 e. The topological polar surface area (TPSA) is 16.4 Å². The van der Waals surface area contributed by atoms with E-state index in [-0.39, 0.29) is 0 Å². The number of rotatable bonds is 6. The second-order valence-electron chi connectivity index (χ2n) is 13.3. The van der Waals surface area contributed by atoms with E-state index in [1.807, 2.05) is 0 Å². The molecule has 0 fully saturated rings. The Morgan fingerprint density at radius 3 is 1.63 bits per heavy atom. The Morgan fingerprint density at radius 2 is 0.865 bits per heavy atom. The number of fused-ring (bicyclic) bond motifs is 6. The van der Waals surface area contributed by atoms with Crippen LogP contribution in [0.3, 0.4) is 0 Å². The highest BCUT2D eigenvalue weighted by Crippen LogP contribution is 2.45. The van der Waals surface area contributed by atoms with Crippen LogP contribution in [0, 0.1) is 0 Å². The van der Waals surface area contributed by atoms with Gasteiger partial charge in [-0.1, -0.05) is 158 Å². The minimum absolute atomic E-state index is 0.887. The third-order valence-electron chi connectivity index (χ3n) is 10.3. The highest BCUT2D eigenvalue weighted by Gasteiger charge is 2.20. The van der Waals surface area contributed by atoms with Crippen molar-refractivity contribution in [2.45, 2.75) is 0 Å². The van der Waals surface area contributed by atoms with Crippen LogP contribution in [0.5, 0.6) is 0 Å². The Bertz CT molecular complexity index is 2880. The lowest BCUT2D eigenvalue weighted by Crippen LogP contribution is -2.11. The van der Waals surface area contributed by atoms with Gasteiger partial charge in [-0.3, -0.25) is 0 Å². The van der Waals surface area contributed by atoms with Crippen LogP contribution in [-0.2, 0) is 0 Å². The van der Waals surface area contributed by atoms with Crippen molar-refractivity contribution >= 4 is 60.5 Å². The first-order chi connectivity index (χ1) is 25.8. The summed E-state index contributed by atoms with van der Waals surface area (Å²) in [5.74, 6) is 0. The lowest BCUT2D eigenvalue weighted by molar-refractivity contribution is 0.673. The fourth-order valence-electron chi connectivity index (χ4n) is 7.68. The van der Waals surface area contributed by atoms with Crippen LogP contribution in [0.4, 0.5) is 17.1 Å². The van der Waals surface area contributed by atoms with Crippen molar-refractivity contribution in [3.8, 4) is 33.4 Å². The molecule has 52 heavy (non-hydrogen) atoms.